The molecule has 12 heteroatoms. The molecule has 430 valence electrons. The Labute approximate surface area is 442 Å². The molecule has 0 aromatic rings. The van der Waals surface area contributed by atoms with Gasteiger partial charge in [0.2, 0.25) is 0 Å². The van der Waals surface area contributed by atoms with Crippen molar-refractivity contribution in [3.05, 3.63) is 36.5 Å². The van der Waals surface area contributed by atoms with Gasteiger partial charge in [0.25, 0.3) is 0 Å². The standard InChI is InChI=1S/3C18H34O2.2C3H8O3/c3*1-2-3-4-5-6-7-8-9-10-11-12-13-14-15-16-17-18(19)20;2*4-1-3(6)2-5/h3*9-10H,2-8,11-17H2,1H3,(H,19,20);2*3-6H,1-2H2. The molecule has 0 saturated heterocycles. The second kappa shape index (κ2) is 74.9. The van der Waals surface area contributed by atoms with Crippen LogP contribution in [-0.4, -0.2) is 103 Å². The molecular weight excluding hydrogens is 913 g/mol. The lowest BCUT2D eigenvalue weighted by Crippen LogP contribution is -2.15. The van der Waals surface area contributed by atoms with Gasteiger partial charge in [0, 0.05) is 19.3 Å². The van der Waals surface area contributed by atoms with E-state index in [0.717, 1.165) is 38.5 Å². The molecule has 0 aliphatic carbocycles. The monoisotopic (exact) mass is 1030 g/mol. The van der Waals surface area contributed by atoms with Gasteiger partial charge in [-0.1, -0.05) is 211 Å². The molecule has 0 heterocycles. The number of hydrogen-bond donors (Lipinski definition) is 9. The van der Waals surface area contributed by atoms with Crippen molar-refractivity contribution in [1.82, 2.24) is 0 Å². The Bertz CT molecular complexity index is 976. The van der Waals surface area contributed by atoms with Crippen molar-refractivity contribution in [3.8, 4) is 0 Å². The van der Waals surface area contributed by atoms with Crippen molar-refractivity contribution in [1.29, 1.82) is 0 Å². The maximum absolute atomic E-state index is 10.3. The summed E-state index contributed by atoms with van der Waals surface area (Å²) >= 11 is 0. The molecule has 0 aliphatic rings. The zero-order valence-electron chi connectivity index (χ0n) is 46.9. The maximum atomic E-state index is 10.3. The zero-order chi connectivity index (χ0) is 54.7. The molecule has 0 amide bonds. The van der Waals surface area contributed by atoms with Crippen molar-refractivity contribution in [2.24, 2.45) is 0 Å². The van der Waals surface area contributed by atoms with E-state index in [9.17, 15) is 14.4 Å². The molecule has 0 atom stereocenters. The topological polar surface area (TPSA) is 233 Å². The fourth-order valence-corrected chi connectivity index (χ4v) is 7.16. The van der Waals surface area contributed by atoms with Crippen LogP contribution in [0.25, 0.3) is 0 Å². The molecule has 0 bridgehead atoms. The Morgan fingerprint density at radius 2 is 0.431 bits per heavy atom. The first-order valence-electron chi connectivity index (χ1n) is 29.3. The van der Waals surface area contributed by atoms with Crippen LogP contribution in [0.3, 0.4) is 0 Å². The van der Waals surface area contributed by atoms with Crippen molar-refractivity contribution in [2.75, 3.05) is 26.4 Å². The second-order valence-electron chi connectivity index (χ2n) is 19.2. The smallest absolute Gasteiger partial charge is 0.303 e. The molecule has 0 saturated carbocycles. The van der Waals surface area contributed by atoms with Gasteiger partial charge in [0.1, 0.15) is 12.2 Å². The number of unbranched alkanes of at least 4 members (excludes halogenated alkanes) is 33. The van der Waals surface area contributed by atoms with Crippen LogP contribution in [0.5, 0.6) is 0 Å². The highest BCUT2D eigenvalue weighted by molar-refractivity contribution is 5.67. The van der Waals surface area contributed by atoms with Crippen LogP contribution in [0.15, 0.2) is 36.5 Å². The van der Waals surface area contributed by atoms with Gasteiger partial charge in [-0.2, -0.15) is 0 Å². The lowest BCUT2D eigenvalue weighted by Gasteiger charge is -1.99. The third-order valence-corrected chi connectivity index (χ3v) is 11.8. The molecule has 0 rings (SSSR count). The van der Waals surface area contributed by atoms with Crippen LogP contribution in [0.4, 0.5) is 0 Å². The summed E-state index contributed by atoms with van der Waals surface area (Å²) in [5.74, 6) is -1.99. The van der Waals surface area contributed by atoms with Gasteiger partial charge in [-0.3, -0.25) is 14.4 Å². The van der Waals surface area contributed by atoms with Crippen molar-refractivity contribution in [3.63, 3.8) is 0 Å². The predicted molar refractivity (Wildman–Crippen MR) is 302 cm³/mol. The zero-order valence-corrected chi connectivity index (χ0v) is 46.9. The van der Waals surface area contributed by atoms with Gasteiger partial charge >= 0.3 is 17.9 Å². The van der Waals surface area contributed by atoms with Crippen LogP contribution in [0, 0.1) is 0 Å². The second-order valence-corrected chi connectivity index (χ2v) is 19.2. The highest BCUT2D eigenvalue weighted by atomic mass is 16.4. The van der Waals surface area contributed by atoms with Crippen LogP contribution < -0.4 is 0 Å². The number of allylic oxidation sites excluding steroid dienone is 6. The first-order valence-corrected chi connectivity index (χ1v) is 29.3. The van der Waals surface area contributed by atoms with E-state index >= 15 is 0 Å². The quantitative estimate of drug-likeness (QED) is 0.0205. The molecule has 72 heavy (non-hydrogen) atoms. The summed E-state index contributed by atoms with van der Waals surface area (Å²) < 4.78 is 0. The van der Waals surface area contributed by atoms with Gasteiger partial charge < -0.3 is 46.0 Å². The molecule has 0 radical (unpaired) electrons. The van der Waals surface area contributed by atoms with E-state index in [0.29, 0.717) is 19.3 Å². The molecular formula is C60H118O12. The Morgan fingerprint density at radius 3 is 0.569 bits per heavy atom. The lowest BCUT2D eigenvalue weighted by molar-refractivity contribution is -0.138. The third kappa shape index (κ3) is 93.4. The van der Waals surface area contributed by atoms with Gasteiger partial charge in [-0.25, -0.2) is 0 Å². The molecule has 0 aliphatic heterocycles. The van der Waals surface area contributed by atoms with Crippen molar-refractivity contribution < 1.29 is 60.3 Å². The Hall–Kier alpha value is -2.61. The Kier molecular flexibility index (Phi) is 81.4. The number of aliphatic hydroxyl groups is 6. The minimum atomic E-state index is -0.954. The molecule has 9 N–H and O–H groups in total. The number of aliphatic hydroxyl groups excluding tert-OH is 6. The summed E-state index contributed by atoms with van der Waals surface area (Å²) in [6.45, 7) is 5.32. The van der Waals surface area contributed by atoms with E-state index in [1.807, 2.05) is 0 Å². The summed E-state index contributed by atoms with van der Waals surface area (Å²) in [5.41, 5.74) is 0. The number of carboxylic acid groups (broad SMARTS) is 3. The molecule has 0 aromatic carbocycles. The Morgan fingerprint density at radius 1 is 0.278 bits per heavy atom. The minimum absolute atomic E-state index is 0.332. The van der Waals surface area contributed by atoms with Crippen LogP contribution in [-0.2, 0) is 14.4 Å². The van der Waals surface area contributed by atoms with Crippen molar-refractivity contribution >= 4 is 17.9 Å². The first-order chi connectivity index (χ1) is 34.9. The number of rotatable bonds is 49. The molecule has 0 spiro atoms. The van der Waals surface area contributed by atoms with E-state index in [1.165, 1.54) is 212 Å². The summed E-state index contributed by atoms with van der Waals surface area (Å²) in [5, 5.41) is 73.6. The Balaban J connectivity index is -0.000000279. The van der Waals surface area contributed by atoms with Crippen LogP contribution in [0.1, 0.15) is 290 Å². The van der Waals surface area contributed by atoms with E-state index < -0.39 is 30.1 Å². The predicted octanol–water partition coefficient (Wildman–Crippen LogP) is 15.0. The largest absolute Gasteiger partial charge is 0.481 e. The van der Waals surface area contributed by atoms with Crippen LogP contribution in [0.2, 0.25) is 0 Å². The molecule has 0 aromatic heterocycles. The first kappa shape index (κ1) is 78.3. The SMILES string of the molecule is CCCCCCCCC=CCCCCCCCC(=O)O.CCCCCCCCC=CCCCCCCCC(=O)O.CCCCCCCCC=CCCCCCCCC(=O)O.OCC(O)CO.OCC(O)CO. The molecule has 12 nitrogen and oxygen atoms in total. The fourth-order valence-electron chi connectivity index (χ4n) is 7.16. The summed E-state index contributed by atoms with van der Waals surface area (Å²) in [4.78, 5) is 31.0. The molecule has 0 unspecified atom stereocenters. The number of carboxylic acids is 3. The number of hydrogen-bond acceptors (Lipinski definition) is 9. The number of aliphatic carboxylic acids is 3. The van der Waals surface area contributed by atoms with Gasteiger partial charge in [-0.05, 0) is 96.3 Å². The number of carbonyl (C=O) groups is 3. The van der Waals surface area contributed by atoms with E-state index in [2.05, 4.69) is 57.2 Å². The lowest BCUT2D eigenvalue weighted by atomic mass is 10.1. The molecule has 0 fully saturated rings. The van der Waals surface area contributed by atoms with Gasteiger partial charge in [0.05, 0.1) is 26.4 Å². The van der Waals surface area contributed by atoms with Gasteiger partial charge in [-0.15, -0.1) is 0 Å². The normalized spacial score (nSPS) is 11.0. The van der Waals surface area contributed by atoms with Crippen molar-refractivity contribution in [2.45, 2.75) is 303 Å². The summed E-state index contributed by atoms with van der Waals surface area (Å²) in [6, 6.07) is 0. The highest BCUT2D eigenvalue weighted by Crippen LogP contribution is 2.13. The average Bonchev–Trinajstić information content (AvgIpc) is 3.37. The summed E-state index contributed by atoms with van der Waals surface area (Å²) in [6.07, 6.45) is 61.8. The minimum Gasteiger partial charge on any atom is -0.481 e. The maximum Gasteiger partial charge on any atom is 0.303 e. The van der Waals surface area contributed by atoms with E-state index in [1.54, 1.807) is 0 Å². The third-order valence-electron chi connectivity index (χ3n) is 11.8. The highest BCUT2D eigenvalue weighted by Gasteiger charge is 1.99. The van der Waals surface area contributed by atoms with E-state index in [-0.39, 0.29) is 26.4 Å². The van der Waals surface area contributed by atoms with Gasteiger partial charge in [0.15, 0.2) is 0 Å². The van der Waals surface area contributed by atoms with E-state index in [4.69, 9.17) is 46.0 Å². The average molecular weight is 1030 g/mol. The summed E-state index contributed by atoms with van der Waals surface area (Å²) in [7, 11) is 0. The van der Waals surface area contributed by atoms with Crippen LogP contribution >= 0.6 is 0 Å². The fraction of sp³-hybridized carbons (Fsp3) is 0.850.